The predicted octanol–water partition coefficient (Wildman–Crippen LogP) is -0.810. The van der Waals surface area contributed by atoms with Crippen LogP contribution in [0, 0.1) is 0 Å². The van der Waals surface area contributed by atoms with Crippen LogP contribution in [-0.2, 0) is 19.6 Å². The van der Waals surface area contributed by atoms with Crippen molar-refractivity contribution in [3.63, 3.8) is 0 Å². The van der Waals surface area contributed by atoms with Gasteiger partial charge in [-0.1, -0.05) is 0 Å². The number of ether oxygens (including phenoxy) is 1. The molecule has 0 bridgehead atoms. The number of carbonyl (C=O) groups excluding carboxylic acids is 1. The van der Waals surface area contributed by atoms with E-state index in [1.54, 1.807) is 0 Å². The largest absolute Gasteiger partial charge is 0.464 e. The number of hydrogen-bond acceptors (Lipinski definition) is 4. The van der Waals surface area contributed by atoms with Gasteiger partial charge in [0.05, 0.1) is 6.42 Å². The molecule has 0 aromatic carbocycles. The highest BCUT2D eigenvalue weighted by atomic mass is 32.2. The van der Waals surface area contributed by atoms with Crippen LogP contribution in [0.2, 0.25) is 0 Å². The molecule has 1 saturated heterocycles. The van der Waals surface area contributed by atoms with E-state index in [0.717, 1.165) is 0 Å². The molecule has 0 radical (unpaired) electrons. The van der Waals surface area contributed by atoms with Gasteiger partial charge in [0.25, 0.3) is 10.1 Å². The summed E-state index contributed by atoms with van der Waals surface area (Å²) in [5.74, 6) is -0.581. The molecule has 1 fully saturated rings. The van der Waals surface area contributed by atoms with Gasteiger partial charge in [0.1, 0.15) is 11.9 Å². The van der Waals surface area contributed by atoms with Crippen LogP contribution in [0.4, 0.5) is 0 Å². The van der Waals surface area contributed by atoms with Crippen LogP contribution in [0.15, 0.2) is 0 Å². The van der Waals surface area contributed by atoms with Gasteiger partial charge < -0.3 is 4.74 Å². The van der Waals surface area contributed by atoms with Gasteiger partial charge in [-0.2, -0.15) is 8.42 Å². The van der Waals surface area contributed by atoms with E-state index in [1.807, 2.05) is 0 Å². The molecule has 0 aromatic rings. The molecule has 1 atom stereocenters. The van der Waals surface area contributed by atoms with Crippen molar-refractivity contribution in [3.05, 3.63) is 0 Å². The van der Waals surface area contributed by atoms with Gasteiger partial charge in [0.15, 0.2) is 0 Å². The van der Waals surface area contributed by atoms with Crippen LogP contribution >= 0.6 is 0 Å². The van der Waals surface area contributed by atoms with E-state index in [1.165, 1.54) is 0 Å². The van der Waals surface area contributed by atoms with Crippen molar-refractivity contribution in [2.75, 3.05) is 6.61 Å². The number of carbonyl (C=O) groups is 1. The minimum atomic E-state index is -4.08. The Hall–Kier alpha value is -0.620. The molecule has 0 spiro atoms. The van der Waals surface area contributed by atoms with Crippen LogP contribution in [0.25, 0.3) is 0 Å². The third-order valence-corrected chi connectivity index (χ3v) is 2.39. The summed E-state index contributed by atoms with van der Waals surface area (Å²) < 4.78 is 33.3. The van der Waals surface area contributed by atoms with Gasteiger partial charge in [-0.15, -0.1) is 0 Å². The maximum Gasteiger partial charge on any atom is 0.307 e. The van der Waals surface area contributed by atoms with Crippen LogP contribution in [0.3, 0.4) is 0 Å². The van der Waals surface area contributed by atoms with Crippen molar-refractivity contribution in [2.24, 2.45) is 0 Å². The quantitative estimate of drug-likeness (QED) is 0.407. The first-order chi connectivity index (χ1) is 4.50. The van der Waals surface area contributed by atoms with Gasteiger partial charge in [0.2, 0.25) is 0 Å². The van der Waals surface area contributed by atoms with E-state index in [0.29, 0.717) is 0 Å². The molecule has 0 aliphatic carbocycles. The number of hydrogen-bond donors (Lipinski definition) is 1. The molecule has 0 saturated carbocycles. The summed E-state index contributed by atoms with van der Waals surface area (Å²) >= 11 is 0. The molecular weight excluding hydrogens is 160 g/mol. The summed E-state index contributed by atoms with van der Waals surface area (Å²) in [7, 11) is -4.08. The Balaban J connectivity index is 2.71. The number of esters is 1. The second-order valence-electron chi connectivity index (χ2n) is 2.02. The first kappa shape index (κ1) is 7.49. The molecule has 1 aliphatic heterocycles. The summed E-state index contributed by atoms with van der Waals surface area (Å²) in [6.07, 6.45) is -0.237. The third-order valence-electron chi connectivity index (χ3n) is 1.25. The number of rotatable bonds is 1. The zero-order chi connectivity index (χ0) is 7.78. The van der Waals surface area contributed by atoms with Crippen molar-refractivity contribution in [1.82, 2.24) is 0 Å². The van der Waals surface area contributed by atoms with E-state index >= 15 is 0 Å². The maximum absolute atomic E-state index is 10.3. The molecular formula is C4H6O5S. The standard InChI is InChI=1S/C4H6O5S/c5-4-1-3(2-9-4)10(6,7)8/h3H,1-2H2,(H,6,7,8). The molecule has 58 valence electrons. The van der Waals surface area contributed by atoms with Gasteiger partial charge in [-0.25, -0.2) is 0 Å². The van der Waals surface area contributed by atoms with Gasteiger partial charge in [-0.3, -0.25) is 9.35 Å². The molecule has 1 unspecified atom stereocenters. The van der Waals surface area contributed by atoms with E-state index in [4.69, 9.17) is 4.55 Å². The molecule has 1 aliphatic rings. The summed E-state index contributed by atoms with van der Waals surface area (Å²) in [5.41, 5.74) is 0. The van der Waals surface area contributed by atoms with Crippen molar-refractivity contribution in [1.29, 1.82) is 0 Å². The van der Waals surface area contributed by atoms with Crippen LogP contribution in [0.1, 0.15) is 6.42 Å². The van der Waals surface area contributed by atoms with Crippen molar-refractivity contribution in [2.45, 2.75) is 11.7 Å². The fourth-order valence-corrected chi connectivity index (χ4v) is 1.27. The second kappa shape index (κ2) is 2.21. The lowest BCUT2D eigenvalue weighted by Gasteiger charge is -1.97. The average Bonchev–Trinajstić information content (AvgIpc) is 2.11. The molecule has 1 rings (SSSR count). The highest BCUT2D eigenvalue weighted by molar-refractivity contribution is 7.86. The molecule has 5 nitrogen and oxygen atoms in total. The summed E-state index contributed by atoms with van der Waals surface area (Å²) in [6.45, 7) is -0.225. The highest BCUT2D eigenvalue weighted by Gasteiger charge is 2.33. The van der Waals surface area contributed by atoms with Crippen LogP contribution in [-0.4, -0.2) is 30.8 Å². The Labute approximate surface area is 57.7 Å². The van der Waals surface area contributed by atoms with Crippen molar-refractivity contribution in [3.8, 4) is 0 Å². The lowest BCUT2D eigenvalue weighted by atomic mass is 10.4. The fraction of sp³-hybridized carbons (Fsp3) is 0.750. The average molecular weight is 166 g/mol. The lowest BCUT2D eigenvalue weighted by Crippen LogP contribution is -2.19. The molecule has 10 heavy (non-hydrogen) atoms. The Kier molecular flexibility index (Phi) is 1.65. The summed E-state index contributed by atoms with van der Waals surface area (Å²) in [5, 5.41) is -1.06. The highest BCUT2D eigenvalue weighted by Crippen LogP contribution is 2.12. The number of cyclic esters (lactones) is 1. The van der Waals surface area contributed by atoms with Gasteiger partial charge in [-0.05, 0) is 0 Å². The van der Waals surface area contributed by atoms with Crippen LogP contribution < -0.4 is 0 Å². The topological polar surface area (TPSA) is 80.7 Å². The van der Waals surface area contributed by atoms with E-state index in [-0.39, 0.29) is 13.0 Å². The van der Waals surface area contributed by atoms with Gasteiger partial charge >= 0.3 is 5.97 Å². The zero-order valence-corrected chi connectivity index (χ0v) is 5.80. The zero-order valence-electron chi connectivity index (χ0n) is 4.98. The minimum Gasteiger partial charge on any atom is -0.464 e. The minimum absolute atomic E-state index is 0.225. The first-order valence-electron chi connectivity index (χ1n) is 2.62. The fourth-order valence-electron chi connectivity index (χ4n) is 0.681. The predicted molar refractivity (Wildman–Crippen MR) is 30.9 cm³/mol. The summed E-state index contributed by atoms with van der Waals surface area (Å²) in [4.78, 5) is 10.3. The Morgan fingerprint density at radius 1 is 1.60 bits per heavy atom. The Morgan fingerprint density at radius 2 is 2.20 bits per heavy atom. The SMILES string of the molecule is O=C1CC(S(=O)(=O)O)CO1. The molecule has 0 amide bonds. The van der Waals surface area contributed by atoms with Crippen LogP contribution in [0.5, 0.6) is 0 Å². The third kappa shape index (κ3) is 1.45. The second-order valence-corrected chi connectivity index (χ2v) is 3.72. The lowest BCUT2D eigenvalue weighted by molar-refractivity contribution is -0.137. The first-order valence-corrected chi connectivity index (χ1v) is 4.12. The Bertz CT molecular complexity index is 240. The summed E-state index contributed by atoms with van der Waals surface area (Å²) in [6, 6.07) is 0. The molecule has 0 aromatic heterocycles. The smallest absolute Gasteiger partial charge is 0.307 e. The maximum atomic E-state index is 10.3. The molecule has 1 heterocycles. The van der Waals surface area contributed by atoms with E-state index in [2.05, 4.69) is 4.74 Å². The molecule has 1 N–H and O–H groups in total. The van der Waals surface area contributed by atoms with Gasteiger partial charge in [0, 0.05) is 0 Å². The van der Waals surface area contributed by atoms with Crippen molar-refractivity contribution < 1.29 is 22.5 Å². The Morgan fingerprint density at radius 3 is 2.40 bits per heavy atom. The monoisotopic (exact) mass is 166 g/mol. The van der Waals surface area contributed by atoms with Crippen molar-refractivity contribution >= 4 is 16.1 Å². The van der Waals surface area contributed by atoms with E-state index in [9.17, 15) is 13.2 Å². The molecule has 6 heteroatoms. The van der Waals surface area contributed by atoms with E-state index < -0.39 is 21.3 Å². The normalized spacial score (nSPS) is 26.5.